The Morgan fingerprint density at radius 1 is 1.24 bits per heavy atom. The number of aliphatic hydroxyl groups excluding tert-OH is 1. The molecule has 1 aromatic carbocycles. The van der Waals surface area contributed by atoms with E-state index in [0.717, 1.165) is 17.7 Å². The number of ether oxygens (including phenoxy) is 1. The van der Waals surface area contributed by atoms with Gasteiger partial charge in [0, 0.05) is 17.5 Å². The first-order valence-corrected chi connectivity index (χ1v) is 10.9. The fourth-order valence-electron chi connectivity index (χ4n) is 2.80. The topological polar surface area (TPSA) is 42.4 Å². The minimum absolute atomic E-state index is 0.0438. The first-order valence-electron chi connectivity index (χ1n) is 7.36. The largest absolute Gasteiger partial charge is 0.471 e. The third-order valence-corrected chi connectivity index (χ3v) is 5.94. The van der Waals surface area contributed by atoms with Crippen LogP contribution in [0.1, 0.15) is 5.56 Å². The van der Waals surface area contributed by atoms with Gasteiger partial charge in [0.15, 0.2) is 0 Å². The first kappa shape index (κ1) is 14.3. The molecule has 1 unspecified atom stereocenters. The highest BCUT2D eigenvalue weighted by molar-refractivity contribution is 6.89. The number of rotatable bonds is 3. The van der Waals surface area contributed by atoms with Gasteiger partial charge in [-0.1, -0.05) is 50.0 Å². The molecule has 0 saturated heterocycles. The Labute approximate surface area is 126 Å². The van der Waals surface area contributed by atoms with Crippen LogP contribution >= 0.6 is 0 Å². The summed E-state index contributed by atoms with van der Waals surface area (Å²) in [5.74, 6) is 0.716. The zero-order chi connectivity index (χ0) is 15.0. The van der Waals surface area contributed by atoms with Gasteiger partial charge >= 0.3 is 0 Å². The van der Waals surface area contributed by atoms with Gasteiger partial charge in [0.25, 0.3) is 0 Å². The van der Waals surface area contributed by atoms with Gasteiger partial charge in [-0.3, -0.25) is 0 Å². The van der Waals surface area contributed by atoms with Crippen molar-refractivity contribution in [2.45, 2.75) is 32.2 Å². The molecule has 0 amide bonds. The highest BCUT2D eigenvalue weighted by atomic mass is 28.3. The number of aromatic nitrogens is 1. The lowest BCUT2D eigenvalue weighted by molar-refractivity contribution is 0.131. The van der Waals surface area contributed by atoms with E-state index in [1.165, 1.54) is 10.8 Å². The van der Waals surface area contributed by atoms with E-state index < -0.39 is 8.07 Å². The standard InChI is InChI=1S/C17H21NO2Si/c1-21(2,3)16-10-15(12-7-5-4-6-8-12)18-17-14(16)9-13(11-19)20-17/h4-8,10,13,19H,9,11H2,1-3H3. The van der Waals surface area contributed by atoms with Crippen LogP contribution in [0.4, 0.5) is 0 Å². The molecule has 0 aliphatic carbocycles. The first-order chi connectivity index (χ1) is 9.99. The lowest BCUT2D eigenvalue weighted by Gasteiger charge is -2.20. The molecule has 0 bridgehead atoms. The van der Waals surface area contributed by atoms with Gasteiger partial charge in [0.1, 0.15) is 6.10 Å². The monoisotopic (exact) mass is 299 g/mol. The Bertz CT molecular complexity index is 650. The molecule has 0 fully saturated rings. The highest BCUT2D eigenvalue weighted by Gasteiger charge is 2.31. The lowest BCUT2D eigenvalue weighted by atomic mass is 10.1. The van der Waals surface area contributed by atoms with Gasteiger partial charge < -0.3 is 9.84 Å². The zero-order valence-corrected chi connectivity index (χ0v) is 13.8. The summed E-state index contributed by atoms with van der Waals surface area (Å²) in [6.45, 7) is 7.05. The Morgan fingerprint density at radius 3 is 2.57 bits per heavy atom. The predicted octanol–water partition coefficient (Wildman–Crippen LogP) is 2.59. The van der Waals surface area contributed by atoms with Crippen LogP contribution < -0.4 is 9.92 Å². The predicted molar refractivity (Wildman–Crippen MR) is 87.9 cm³/mol. The molecule has 110 valence electrons. The third kappa shape index (κ3) is 2.73. The van der Waals surface area contributed by atoms with E-state index >= 15 is 0 Å². The number of aliphatic hydroxyl groups is 1. The van der Waals surface area contributed by atoms with E-state index in [1.54, 1.807) is 0 Å². The summed E-state index contributed by atoms with van der Waals surface area (Å²) in [5, 5.41) is 10.8. The minimum Gasteiger partial charge on any atom is -0.471 e. The molecule has 1 aromatic heterocycles. The molecule has 4 heteroatoms. The Hall–Kier alpha value is -1.65. The molecule has 0 saturated carbocycles. The summed E-state index contributed by atoms with van der Waals surface area (Å²) in [6, 6.07) is 12.4. The van der Waals surface area contributed by atoms with E-state index in [9.17, 15) is 5.11 Å². The summed E-state index contributed by atoms with van der Waals surface area (Å²) in [6.07, 6.45) is 0.627. The van der Waals surface area contributed by atoms with Gasteiger partial charge in [-0.15, -0.1) is 0 Å². The molecular formula is C17H21NO2Si. The van der Waals surface area contributed by atoms with Crippen LogP contribution in [0.2, 0.25) is 19.6 Å². The van der Waals surface area contributed by atoms with Crippen molar-refractivity contribution in [3.05, 3.63) is 42.0 Å². The highest BCUT2D eigenvalue weighted by Crippen LogP contribution is 2.30. The Kier molecular flexibility index (Phi) is 3.59. The van der Waals surface area contributed by atoms with Crippen LogP contribution in [0.15, 0.2) is 36.4 Å². The Morgan fingerprint density at radius 2 is 1.95 bits per heavy atom. The van der Waals surface area contributed by atoms with Gasteiger partial charge in [0.2, 0.25) is 5.88 Å². The van der Waals surface area contributed by atoms with Gasteiger partial charge in [-0.2, -0.15) is 0 Å². The minimum atomic E-state index is -1.50. The van der Waals surface area contributed by atoms with Crippen LogP contribution in [-0.4, -0.2) is 30.9 Å². The molecule has 3 rings (SSSR count). The number of hydrogen-bond donors (Lipinski definition) is 1. The third-order valence-electron chi connectivity index (χ3n) is 3.88. The molecule has 0 radical (unpaired) electrons. The van der Waals surface area contributed by atoms with Crippen molar-refractivity contribution in [3.63, 3.8) is 0 Å². The maximum Gasteiger partial charge on any atom is 0.217 e. The zero-order valence-electron chi connectivity index (χ0n) is 12.8. The maximum absolute atomic E-state index is 9.38. The second-order valence-corrected chi connectivity index (χ2v) is 11.6. The van der Waals surface area contributed by atoms with Gasteiger partial charge in [-0.25, -0.2) is 4.98 Å². The molecule has 0 spiro atoms. The SMILES string of the molecule is C[Si](C)(C)c1cc(-c2ccccc2)nc2c1CC(CO)O2. The van der Waals surface area contributed by atoms with E-state index in [2.05, 4.69) is 42.8 Å². The van der Waals surface area contributed by atoms with Crippen molar-refractivity contribution in [2.24, 2.45) is 0 Å². The fourth-order valence-corrected chi connectivity index (χ4v) is 4.48. The van der Waals surface area contributed by atoms with Crippen molar-refractivity contribution < 1.29 is 9.84 Å². The van der Waals surface area contributed by atoms with Crippen LogP contribution in [-0.2, 0) is 6.42 Å². The van der Waals surface area contributed by atoms with Gasteiger partial charge in [-0.05, 0) is 11.3 Å². The van der Waals surface area contributed by atoms with Crippen molar-refractivity contribution in [1.29, 1.82) is 0 Å². The van der Waals surface area contributed by atoms with Crippen LogP contribution in [0.5, 0.6) is 5.88 Å². The summed E-state index contributed by atoms with van der Waals surface area (Å²) >= 11 is 0. The van der Waals surface area contributed by atoms with E-state index in [4.69, 9.17) is 4.74 Å². The quantitative estimate of drug-likeness (QED) is 0.886. The molecule has 1 aliphatic heterocycles. The molecule has 1 aliphatic rings. The van der Waals surface area contributed by atoms with E-state index in [0.29, 0.717) is 5.88 Å². The molecule has 2 heterocycles. The number of fused-ring (bicyclic) bond motifs is 1. The van der Waals surface area contributed by atoms with Crippen molar-refractivity contribution in [3.8, 4) is 17.1 Å². The number of benzene rings is 1. The van der Waals surface area contributed by atoms with E-state index in [-0.39, 0.29) is 12.7 Å². The normalized spacial score (nSPS) is 17.4. The Balaban J connectivity index is 2.14. The average molecular weight is 299 g/mol. The fraction of sp³-hybridized carbons (Fsp3) is 0.353. The van der Waals surface area contributed by atoms with Crippen molar-refractivity contribution in [2.75, 3.05) is 6.61 Å². The summed E-state index contributed by atoms with van der Waals surface area (Å²) < 4.78 is 5.82. The van der Waals surface area contributed by atoms with Crippen LogP contribution in [0.25, 0.3) is 11.3 Å². The van der Waals surface area contributed by atoms with Crippen molar-refractivity contribution >= 4 is 13.3 Å². The average Bonchev–Trinajstić information content (AvgIpc) is 2.89. The summed E-state index contributed by atoms with van der Waals surface area (Å²) in [4.78, 5) is 4.68. The van der Waals surface area contributed by atoms with Crippen molar-refractivity contribution in [1.82, 2.24) is 4.98 Å². The summed E-state index contributed by atoms with van der Waals surface area (Å²) in [5.41, 5.74) is 3.27. The molecule has 3 nitrogen and oxygen atoms in total. The van der Waals surface area contributed by atoms with Crippen LogP contribution in [0.3, 0.4) is 0 Å². The second kappa shape index (κ2) is 5.28. The van der Waals surface area contributed by atoms with E-state index in [1.807, 2.05) is 18.2 Å². The molecule has 21 heavy (non-hydrogen) atoms. The molecule has 1 N–H and O–H groups in total. The smallest absolute Gasteiger partial charge is 0.217 e. The number of hydrogen-bond acceptors (Lipinski definition) is 3. The molecule has 2 aromatic rings. The summed E-state index contributed by atoms with van der Waals surface area (Å²) in [7, 11) is -1.50. The number of pyridine rings is 1. The lowest BCUT2D eigenvalue weighted by Crippen LogP contribution is -2.40. The number of nitrogens with zero attached hydrogens (tertiary/aromatic N) is 1. The van der Waals surface area contributed by atoms with Gasteiger partial charge in [0.05, 0.1) is 20.4 Å². The maximum atomic E-state index is 9.38. The second-order valence-electron chi connectivity index (χ2n) is 6.58. The molecule has 1 atom stereocenters. The van der Waals surface area contributed by atoms with Crippen LogP contribution in [0, 0.1) is 0 Å². The molecular weight excluding hydrogens is 278 g/mol.